The number of hydrogen-bond acceptors (Lipinski definition) is 3. The summed E-state index contributed by atoms with van der Waals surface area (Å²) >= 11 is 0. The number of nitrogens with zero attached hydrogens (tertiary/aromatic N) is 2. The van der Waals surface area contributed by atoms with Gasteiger partial charge in [0, 0.05) is 25.0 Å². The maximum atomic E-state index is 12.2. The fourth-order valence-electron chi connectivity index (χ4n) is 3.22. The highest BCUT2D eigenvalue weighted by Crippen LogP contribution is 2.29. The van der Waals surface area contributed by atoms with Gasteiger partial charge in [0.15, 0.2) is 5.82 Å². The molecule has 4 nitrogen and oxygen atoms in total. The summed E-state index contributed by atoms with van der Waals surface area (Å²) in [5.41, 5.74) is 0.00947. The smallest absolute Gasteiger partial charge is 0.293 e. The minimum absolute atomic E-state index is 0.00947. The zero-order valence-corrected chi connectivity index (χ0v) is 12.2. The molecule has 2 atom stereocenters. The Labute approximate surface area is 115 Å². The van der Waals surface area contributed by atoms with E-state index in [4.69, 9.17) is 0 Å². The van der Waals surface area contributed by atoms with Crippen molar-refractivity contribution in [3.8, 4) is 0 Å². The molecule has 1 aromatic heterocycles. The van der Waals surface area contributed by atoms with Crippen LogP contribution < -0.4 is 10.9 Å². The minimum atomic E-state index is 0.00947. The van der Waals surface area contributed by atoms with Crippen LogP contribution >= 0.6 is 0 Å². The maximum absolute atomic E-state index is 12.2. The fourth-order valence-corrected chi connectivity index (χ4v) is 3.22. The van der Waals surface area contributed by atoms with Crippen LogP contribution in [0, 0.1) is 11.8 Å². The Morgan fingerprint density at radius 3 is 2.63 bits per heavy atom. The van der Waals surface area contributed by atoms with Gasteiger partial charge in [-0.3, -0.25) is 4.79 Å². The van der Waals surface area contributed by atoms with Crippen LogP contribution in [0.5, 0.6) is 0 Å². The van der Waals surface area contributed by atoms with E-state index in [1.165, 1.54) is 6.42 Å². The molecule has 0 spiro atoms. The van der Waals surface area contributed by atoms with Crippen LogP contribution in [0.2, 0.25) is 0 Å². The molecule has 0 saturated heterocycles. The standard InChI is InChI=1S/C15H25N3O/c1-4-6-18-7-5-16-14(15(18)19)17-13-9-11(2)8-12(3)10-13/h5,7,11-13H,4,6,8-10H2,1-3H3,(H,16,17). The first-order valence-corrected chi connectivity index (χ1v) is 7.42. The molecule has 1 N–H and O–H groups in total. The van der Waals surface area contributed by atoms with Gasteiger partial charge in [-0.15, -0.1) is 0 Å². The monoisotopic (exact) mass is 263 g/mol. The molecule has 0 aliphatic heterocycles. The summed E-state index contributed by atoms with van der Waals surface area (Å²) in [7, 11) is 0. The predicted octanol–water partition coefficient (Wildman–Crippen LogP) is 2.89. The second kappa shape index (κ2) is 6.22. The Kier molecular flexibility index (Phi) is 4.61. The first kappa shape index (κ1) is 14.1. The largest absolute Gasteiger partial charge is 0.363 e. The van der Waals surface area contributed by atoms with Crippen LogP contribution in [0.25, 0.3) is 0 Å². The highest BCUT2D eigenvalue weighted by Gasteiger charge is 2.24. The molecule has 19 heavy (non-hydrogen) atoms. The number of hydrogen-bond donors (Lipinski definition) is 1. The lowest BCUT2D eigenvalue weighted by atomic mass is 9.80. The van der Waals surface area contributed by atoms with Gasteiger partial charge in [-0.05, 0) is 37.5 Å². The minimum Gasteiger partial charge on any atom is -0.363 e. The van der Waals surface area contributed by atoms with Crippen LogP contribution in [-0.2, 0) is 6.54 Å². The number of nitrogens with one attached hydrogen (secondary N) is 1. The molecule has 1 aromatic rings. The maximum Gasteiger partial charge on any atom is 0.293 e. The van der Waals surface area contributed by atoms with Crippen molar-refractivity contribution in [2.75, 3.05) is 5.32 Å². The molecule has 0 bridgehead atoms. The number of aryl methyl sites for hydroxylation is 1. The molecule has 1 heterocycles. The van der Waals surface area contributed by atoms with E-state index in [1.54, 1.807) is 17.0 Å². The summed E-state index contributed by atoms with van der Waals surface area (Å²) in [6.45, 7) is 7.41. The molecule has 2 rings (SSSR count). The third-order valence-corrected chi connectivity index (χ3v) is 3.90. The number of anilines is 1. The van der Waals surface area contributed by atoms with E-state index in [9.17, 15) is 4.79 Å². The molecule has 2 unspecified atom stereocenters. The molecule has 106 valence electrons. The van der Waals surface area contributed by atoms with Crippen molar-refractivity contribution < 1.29 is 0 Å². The molecule has 1 aliphatic rings. The predicted molar refractivity (Wildman–Crippen MR) is 78.4 cm³/mol. The normalized spacial score (nSPS) is 27.2. The highest BCUT2D eigenvalue weighted by molar-refractivity contribution is 5.32. The molecule has 1 fully saturated rings. The van der Waals surface area contributed by atoms with Gasteiger partial charge in [-0.2, -0.15) is 0 Å². The third kappa shape index (κ3) is 3.58. The Morgan fingerprint density at radius 2 is 2.00 bits per heavy atom. The van der Waals surface area contributed by atoms with Gasteiger partial charge in [0.25, 0.3) is 5.56 Å². The fraction of sp³-hybridized carbons (Fsp3) is 0.733. The van der Waals surface area contributed by atoms with Crippen molar-refractivity contribution >= 4 is 5.82 Å². The molecule has 1 aliphatic carbocycles. The summed E-state index contributed by atoms with van der Waals surface area (Å²) < 4.78 is 1.74. The second-order valence-electron chi connectivity index (χ2n) is 6.03. The molecular formula is C15H25N3O. The van der Waals surface area contributed by atoms with Crippen molar-refractivity contribution in [3.63, 3.8) is 0 Å². The molecule has 0 radical (unpaired) electrons. The summed E-state index contributed by atoms with van der Waals surface area (Å²) in [6, 6.07) is 0.386. The number of rotatable bonds is 4. The van der Waals surface area contributed by atoms with Crippen molar-refractivity contribution in [3.05, 3.63) is 22.7 Å². The third-order valence-electron chi connectivity index (χ3n) is 3.90. The van der Waals surface area contributed by atoms with Gasteiger partial charge < -0.3 is 9.88 Å². The first-order valence-electron chi connectivity index (χ1n) is 7.42. The second-order valence-corrected chi connectivity index (χ2v) is 6.03. The molecule has 4 heteroatoms. The number of aromatic nitrogens is 2. The topological polar surface area (TPSA) is 46.9 Å². The van der Waals surface area contributed by atoms with Crippen molar-refractivity contribution in [1.82, 2.24) is 9.55 Å². The van der Waals surface area contributed by atoms with E-state index in [2.05, 4.69) is 31.1 Å². The molecule has 1 saturated carbocycles. The molecule has 0 amide bonds. The van der Waals surface area contributed by atoms with Crippen LogP contribution in [0.3, 0.4) is 0 Å². The van der Waals surface area contributed by atoms with Gasteiger partial charge in [0.2, 0.25) is 0 Å². The zero-order chi connectivity index (χ0) is 13.8. The Bertz CT molecular complexity index is 459. The van der Waals surface area contributed by atoms with Crippen LogP contribution in [-0.4, -0.2) is 15.6 Å². The average Bonchev–Trinajstić information content (AvgIpc) is 2.33. The van der Waals surface area contributed by atoms with E-state index in [0.29, 0.717) is 11.9 Å². The average molecular weight is 263 g/mol. The van der Waals surface area contributed by atoms with E-state index in [1.807, 2.05) is 0 Å². The van der Waals surface area contributed by atoms with E-state index in [-0.39, 0.29) is 5.56 Å². The van der Waals surface area contributed by atoms with E-state index >= 15 is 0 Å². The van der Waals surface area contributed by atoms with Crippen molar-refractivity contribution in [1.29, 1.82) is 0 Å². The summed E-state index contributed by atoms with van der Waals surface area (Å²) in [5, 5.41) is 3.36. The van der Waals surface area contributed by atoms with Gasteiger partial charge in [0.05, 0.1) is 0 Å². The lowest BCUT2D eigenvalue weighted by Crippen LogP contribution is -2.34. The molecule has 0 aromatic carbocycles. The van der Waals surface area contributed by atoms with E-state index in [0.717, 1.165) is 37.6 Å². The Balaban J connectivity index is 2.10. The van der Waals surface area contributed by atoms with Gasteiger partial charge in [0.1, 0.15) is 0 Å². The summed E-state index contributed by atoms with van der Waals surface area (Å²) in [6.07, 6.45) is 8.00. The quantitative estimate of drug-likeness (QED) is 0.908. The van der Waals surface area contributed by atoms with Gasteiger partial charge in [-0.1, -0.05) is 20.8 Å². The summed E-state index contributed by atoms with van der Waals surface area (Å²) in [5.74, 6) is 1.97. The Hall–Kier alpha value is -1.32. The van der Waals surface area contributed by atoms with Gasteiger partial charge >= 0.3 is 0 Å². The zero-order valence-electron chi connectivity index (χ0n) is 12.2. The van der Waals surface area contributed by atoms with Crippen LogP contribution in [0.1, 0.15) is 46.5 Å². The van der Waals surface area contributed by atoms with E-state index < -0.39 is 0 Å². The van der Waals surface area contributed by atoms with Crippen LogP contribution in [0.15, 0.2) is 17.2 Å². The first-order chi connectivity index (χ1) is 9.10. The SMILES string of the molecule is CCCn1ccnc(NC2CC(C)CC(C)C2)c1=O. The highest BCUT2D eigenvalue weighted by atomic mass is 16.1. The Morgan fingerprint density at radius 1 is 1.32 bits per heavy atom. The lowest BCUT2D eigenvalue weighted by molar-refractivity contribution is 0.280. The van der Waals surface area contributed by atoms with Crippen molar-refractivity contribution in [2.45, 2.75) is 59.0 Å². The van der Waals surface area contributed by atoms with Gasteiger partial charge in [-0.25, -0.2) is 4.98 Å². The van der Waals surface area contributed by atoms with Crippen LogP contribution in [0.4, 0.5) is 5.82 Å². The molecular weight excluding hydrogens is 238 g/mol. The van der Waals surface area contributed by atoms with Crippen molar-refractivity contribution in [2.24, 2.45) is 11.8 Å². The summed E-state index contributed by atoms with van der Waals surface area (Å²) in [4.78, 5) is 16.5. The lowest BCUT2D eigenvalue weighted by Gasteiger charge is -2.32.